The molecule has 0 aliphatic heterocycles. The highest BCUT2D eigenvalue weighted by molar-refractivity contribution is 5.51. The molecule has 1 aromatic rings. The standard InChI is InChI=1S/C15H25NO/c1-7-13(9-16-5)14-11(3)8-10(2)12(4)15(14)17-6/h8,13,16H,7,9H2,1-6H3. The Hall–Kier alpha value is -1.02. The largest absolute Gasteiger partial charge is 0.496 e. The fourth-order valence-electron chi connectivity index (χ4n) is 2.54. The highest BCUT2D eigenvalue weighted by Gasteiger charge is 2.19. The Balaban J connectivity index is 3.34. The van der Waals surface area contributed by atoms with Crippen LogP contribution in [-0.4, -0.2) is 20.7 Å². The fourth-order valence-corrected chi connectivity index (χ4v) is 2.54. The van der Waals surface area contributed by atoms with E-state index in [1.54, 1.807) is 7.11 Å². The van der Waals surface area contributed by atoms with Gasteiger partial charge in [-0.1, -0.05) is 13.0 Å². The van der Waals surface area contributed by atoms with Gasteiger partial charge in [0.05, 0.1) is 7.11 Å². The third-order valence-corrected chi connectivity index (χ3v) is 3.59. The lowest BCUT2D eigenvalue weighted by molar-refractivity contribution is 0.399. The molecule has 1 rings (SSSR count). The molecule has 1 aromatic carbocycles. The van der Waals surface area contributed by atoms with Crippen molar-refractivity contribution >= 4 is 0 Å². The summed E-state index contributed by atoms with van der Waals surface area (Å²) in [5.41, 5.74) is 5.28. The van der Waals surface area contributed by atoms with Crippen molar-refractivity contribution in [3.05, 3.63) is 28.3 Å². The molecule has 1 N–H and O–H groups in total. The molecule has 0 saturated carbocycles. The minimum absolute atomic E-state index is 0.522. The minimum atomic E-state index is 0.522. The summed E-state index contributed by atoms with van der Waals surface area (Å²) in [7, 11) is 3.78. The predicted octanol–water partition coefficient (Wildman–Crippen LogP) is 3.33. The van der Waals surface area contributed by atoms with Gasteiger partial charge in [-0.3, -0.25) is 0 Å². The number of ether oxygens (including phenoxy) is 1. The number of aryl methyl sites for hydroxylation is 2. The van der Waals surface area contributed by atoms with Crippen LogP contribution in [0.2, 0.25) is 0 Å². The van der Waals surface area contributed by atoms with Crippen LogP contribution in [0.5, 0.6) is 5.75 Å². The maximum Gasteiger partial charge on any atom is 0.125 e. The first-order valence-corrected chi connectivity index (χ1v) is 6.36. The van der Waals surface area contributed by atoms with Crippen molar-refractivity contribution in [2.45, 2.75) is 40.0 Å². The van der Waals surface area contributed by atoms with Gasteiger partial charge in [0, 0.05) is 12.1 Å². The van der Waals surface area contributed by atoms with Gasteiger partial charge in [-0.05, 0) is 56.8 Å². The Morgan fingerprint density at radius 1 is 1.24 bits per heavy atom. The lowest BCUT2D eigenvalue weighted by Gasteiger charge is -2.23. The highest BCUT2D eigenvalue weighted by atomic mass is 16.5. The topological polar surface area (TPSA) is 21.3 Å². The fraction of sp³-hybridized carbons (Fsp3) is 0.600. The predicted molar refractivity (Wildman–Crippen MR) is 74.2 cm³/mol. The molecule has 0 aromatic heterocycles. The van der Waals surface area contributed by atoms with Gasteiger partial charge in [-0.2, -0.15) is 0 Å². The normalized spacial score (nSPS) is 12.6. The average Bonchev–Trinajstić information content (AvgIpc) is 2.31. The van der Waals surface area contributed by atoms with Crippen LogP contribution < -0.4 is 10.1 Å². The van der Waals surface area contributed by atoms with Crippen LogP contribution in [0.3, 0.4) is 0 Å². The van der Waals surface area contributed by atoms with E-state index < -0.39 is 0 Å². The molecule has 1 unspecified atom stereocenters. The maximum atomic E-state index is 5.64. The molecule has 0 aliphatic carbocycles. The van der Waals surface area contributed by atoms with Crippen LogP contribution in [0.1, 0.15) is 41.5 Å². The van der Waals surface area contributed by atoms with Gasteiger partial charge in [-0.15, -0.1) is 0 Å². The quantitative estimate of drug-likeness (QED) is 0.845. The van der Waals surface area contributed by atoms with Crippen LogP contribution in [0.25, 0.3) is 0 Å². The molecule has 2 nitrogen and oxygen atoms in total. The summed E-state index contributed by atoms with van der Waals surface area (Å²) in [4.78, 5) is 0. The first-order chi connectivity index (χ1) is 8.06. The molecule has 0 spiro atoms. The van der Waals surface area contributed by atoms with Crippen LogP contribution in [-0.2, 0) is 0 Å². The lowest BCUT2D eigenvalue weighted by atomic mass is 9.88. The molecular formula is C15H25NO. The summed E-state index contributed by atoms with van der Waals surface area (Å²) >= 11 is 0. The van der Waals surface area contributed by atoms with Crippen molar-refractivity contribution in [2.75, 3.05) is 20.7 Å². The van der Waals surface area contributed by atoms with Crippen LogP contribution >= 0.6 is 0 Å². The summed E-state index contributed by atoms with van der Waals surface area (Å²) in [6, 6.07) is 2.27. The average molecular weight is 235 g/mol. The van der Waals surface area contributed by atoms with E-state index in [4.69, 9.17) is 4.74 Å². The SMILES string of the molecule is CCC(CNC)c1c(C)cc(C)c(C)c1OC. The smallest absolute Gasteiger partial charge is 0.125 e. The second-order valence-electron chi connectivity index (χ2n) is 4.75. The zero-order valence-corrected chi connectivity index (χ0v) is 12.0. The van der Waals surface area contributed by atoms with Gasteiger partial charge in [0.2, 0.25) is 0 Å². The van der Waals surface area contributed by atoms with Gasteiger partial charge in [-0.25, -0.2) is 0 Å². The molecule has 0 radical (unpaired) electrons. The Morgan fingerprint density at radius 2 is 1.88 bits per heavy atom. The molecule has 17 heavy (non-hydrogen) atoms. The Labute approximate surface area is 105 Å². The van der Waals surface area contributed by atoms with Crippen molar-refractivity contribution in [2.24, 2.45) is 0 Å². The molecule has 1 atom stereocenters. The second-order valence-corrected chi connectivity index (χ2v) is 4.75. The third-order valence-electron chi connectivity index (χ3n) is 3.59. The Bertz CT molecular complexity index is 385. The molecule has 0 fully saturated rings. The Kier molecular flexibility index (Phi) is 5.01. The molecular weight excluding hydrogens is 210 g/mol. The van der Waals surface area contributed by atoms with Crippen molar-refractivity contribution in [3.8, 4) is 5.75 Å². The molecule has 0 aliphatic rings. The zero-order valence-electron chi connectivity index (χ0n) is 12.0. The summed E-state index contributed by atoms with van der Waals surface area (Å²) < 4.78 is 5.64. The summed E-state index contributed by atoms with van der Waals surface area (Å²) in [5, 5.41) is 3.27. The van der Waals surface area contributed by atoms with E-state index in [1.807, 2.05) is 7.05 Å². The van der Waals surface area contributed by atoms with E-state index >= 15 is 0 Å². The summed E-state index contributed by atoms with van der Waals surface area (Å²) in [6.45, 7) is 9.70. The van der Waals surface area contributed by atoms with E-state index in [2.05, 4.69) is 39.1 Å². The lowest BCUT2D eigenvalue weighted by Crippen LogP contribution is -2.18. The molecule has 0 bridgehead atoms. The van der Waals surface area contributed by atoms with Gasteiger partial charge in [0.1, 0.15) is 5.75 Å². The van der Waals surface area contributed by atoms with Crippen molar-refractivity contribution < 1.29 is 4.74 Å². The number of rotatable bonds is 5. The molecule has 0 amide bonds. The minimum Gasteiger partial charge on any atom is -0.496 e. The summed E-state index contributed by atoms with van der Waals surface area (Å²) in [5.74, 6) is 1.60. The number of hydrogen-bond acceptors (Lipinski definition) is 2. The maximum absolute atomic E-state index is 5.64. The van der Waals surface area contributed by atoms with Gasteiger partial charge in [0.15, 0.2) is 0 Å². The zero-order chi connectivity index (χ0) is 13.0. The number of nitrogens with one attached hydrogen (secondary N) is 1. The Morgan fingerprint density at radius 3 is 2.35 bits per heavy atom. The second kappa shape index (κ2) is 6.06. The number of hydrogen-bond donors (Lipinski definition) is 1. The molecule has 2 heteroatoms. The summed E-state index contributed by atoms with van der Waals surface area (Å²) in [6.07, 6.45) is 1.13. The molecule has 0 heterocycles. The first kappa shape index (κ1) is 14.0. The van der Waals surface area contributed by atoms with Crippen LogP contribution in [0, 0.1) is 20.8 Å². The van der Waals surface area contributed by atoms with Crippen LogP contribution in [0.15, 0.2) is 6.07 Å². The number of likely N-dealkylation sites (N-methyl/N-ethyl adjacent to an activating group) is 1. The van der Waals surface area contributed by atoms with E-state index in [-0.39, 0.29) is 0 Å². The van der Waals surface area contributed by atoms with Gasteiger partial charge in [0.25, 0.3) is 0 Å². The van der Waals surface area contributed by atoms with E-state index in [0.29, 0.717) is 5.92 Å². The van der Waals surface area contributed by atoms with E-state index in [1.165, 1.54) is 22.3 Å². The van der Waals surface area contributed by atoms with Crippen molar-refractivity contribution in [3.63, 3.8) is 0 Å². The van der Waals surface area contributed by atoms with Gasteiger partial charge < -0.3 is 10.1 Å². The van der Waals surface area contributed by atoms with E-state index in [0.717, 1.165) is 18.7 Å². The monoisotopic (exact) mass is 235 g/mol. The number of benzene rings is 1. The van der Waals surface area contributed by atoms with Gasteiger partial charge >= 0.3 is 0 Å². The van der Waals surface area contributed by atoms with Crippen molar-refractivity contribution in [1.29, 1.82) is 0 Å². The first-order valence-electron chi connectivity index (χ1n) is 6.36. The third kappa shape index (κ3) is 2.81. The molecule has 0 saturated heterocycles. The van der Waals surface area contributed by atoms with E-state index in [9.17, 15) is 0 Å². The number of methoxy groups -OCH3 is 1. The highest BCUT2D eigenvalue weighted by Crippen LogP contribution is 2.36. The van der Waals surface area contributed by atoms with Crippen molar-refractivity contribution in [1.82, 2.24) is 5.32 Å². The van der Waals surface area contributed by atoms with Crippen LogP contribution in [0.4, 0.5) is 0 Å². The molecule has 96 valence electrons.